The van der Waals surface area contributed by atoms with E-state index in [9.17, 15) is 14.9 Å². The first kappa shape index (κ1) is 19.0. The van der Waals surface area contributed by atoms with Gasteiger partial charge in [0, 0.05) is 36.5 Å². The zero-order valence-corrected chi connectivity index (χ0v) is 15.2. The SMILES string of the molecule is Cc1cc(NC(=O)CCCNc2ccc([N+](=O)[O-])cc2)ccc1-n1cnnn1. The van der Waals surface area contributed by atoms with Gasteiger partial charge in [0.2, 0.25) is 5.91 Å². The lowest BCUT2D eigenvalue weighted by molar-refractivity contribution is -0.384. The van der Waals surface area contributed by atoms with E-state index in [4.69, 9.17) is 0 Å². The molecule has 3 rings (SSSR count). The van der Waals surface area contributed by atoms with E-state index >= 15 is 0 Å². The van der Waals surface area contributed by atoms with Gasteiger partial charge in [-0.05, 0) is 59.7 Å². The van der Waals surface area contributed by atoms with Crippen LogP contribution < -0.4 is 10.6 Å². The largest absolute Gasteiger partial charge is 0.385 e. The van der Waals surface area contributed by atoms with E-state index in [0.717, 1.165) is 16.9 Å². The Morgan fingerprint density at radius 3 is 2.57 bits per heavy atom. The molecule has 0 bridgehead atoms. The van der Waals surface area contributed by atoms with E-state index in [-0.39, 0.29) is 11.6 Å². The highest BCUT2D eigenvalue weighted by Crippen LogP contribution is 2.18. The number of benzene rings is 2. The number of tetrazole rings is 1. The number of carbonyl (C=O) groups is 1. The first-order chi connectivity index (χ1) is 13.5. The number of hydrogen-bond acceptors (Lipinski definition) is 7. The molecular formula is C18H19N7O3. The van der Waals surface area contributed by atoms with Crippen molar-refractivity contribution in [3.63, 3.8) is 0 Å². The van der Waals surface area contributed by atoms with Gasteiger partial charge in [-0.2, -0.15) is 0 Å². The fourth-order valence-electron chi connectivity index (χ4n) is 2.67. The summed E-state index contributed by atoms with van der Waals surface area (Å²) in [7, 11) is 0. The molecule has 0 aliphatic carbocycles. The Bertz CT molecular complexity index is 956. The van der Waals surface area contributed by atoms with Crippen molar-refractivity contribution in [2.24, 2.45) is 0 Å². The maximum atomic E-state index is 12.1. The molecule has 1 amide bonds. The normalized spacial score (nSPS) is 10.5. The van der Waals surface area contributed by atoms with Crippen LogP contribution in [0.5, 0.6) is 0 Å². The van der Waals surface area contributed by atoms with Crippen LogP contribution in [0.2, 0.25) is 0 Å². The smallest absolute Gasteiger partial charge is 0.269 e. The number of carbonyl (C=O) groups excluding carboxylic acids is 1. The van der Waals surface area contributed by atoms with Gasteiger partial charge in [0.05, 0.1) is 10.6 Å². The van der Waals surface area contributed by atoms with Crippen molar-refractivity contribution >= 4 is 23.0 Å². The van der Waals surface area contributed by atoms with Crippen LogP contribution in [-0.4, -0.2) is 37.6 Å². The number of nitrogens with zero attached hydrogens (tertiary/aromatic N) is 5. The number of nitrogens with one attached hydrogen (secondary N) is 2. The van der Waals surface area contributed by atoms with Crippen molar-refractivity contribution < 1.29 is 9.72 Å². The van der Waals surface area contributed by atoms with Crippen molar-refractivity contribution in [2.45, 2.75) is 19.8 Å². The van der Waals surface area contributed by atoms with Gasteiger partial charge in [-0.15, -0.1) is 5.10 Å². The maximum Gasteiger partial charge on any atom is 0.269 e. The molecule has 10 nitrogen and oxygen atoms in total. The number of aryl methyl sites for hydroxylation is 1. The monoisotopic (exact) mass is 381 g/mol. The quantitative estimate of drug-likeness (QED) is 0.349. The van der Waals surface area contributed by atoms with Gasteiger partial charge in [0.15, 0.2) is 0 Å². The predicted octanol–water partition coefficient (Wildman–Crippen LogP) is 2.71. The molecule has 0 saturated carbocycles. The molecule has 0 unspecified atom stereocenters. The van der Waals surface area contributed by atoms with Gasteiger partial charge in [0.1, 0.15) is 6.33 Å². The molecule has 144 valence electrons. The van der Waals surface area contributed by atoms with Crippen LogP contribution in [0.3, 0.4) is 0 Å². The van der Waals surface area contributed by atoms with Crippen molar-refractivity contribution in [3.8, 4) is 5.69 Å². The second-order valence-electron chi connectivity index (χ2n) is 6.14. The molecule has 1 heterocycles. The Labute approximate surface area is 160 Å². The molecule has 0 aliphatic rings. The molecular weight excluding hydrogens is 362 g/mol. The Balaban J connectivity index is 1.44. The van der Waals surface area contributed by atoms with Gasteiger partial charge in [-0.25, -0.2) is 4.68 Å². The third-order valence-corrected chi connectivity index (χ3v) is 4.06. The van der Waals surface area contributed by atoms with Gasteiger partial charge >= 0.3 is 0 Å². The third-order valence-electron chi connectivity index (χ3n) is 4.06. The molecule has 2 N–H and O–H groups in total. The van der Waals surface area contributed by atoms with Crippen LogP contribution >= 0.6 is 0 Å². The molecule has 10 heteroatoms. The lowest BCUT2D eigenvalue weighted by atomic mass is 10.1. The molecule has 0 fully saturated rings. The number of rotatable bonds is 8. The Morgan fingerprint density at radius 2 is 1.93 bits per heavy atom. The van der Waals surface area contributed by atoms with E-state index in [1.54, 1.807) is 22.9 Å². The summed E-state index contributed by atoms with van der Waals surface area (Å²) in [5.41, 5.74) is 3.31. The number of aromatic nitrogens is 4. The van der Waals surface area contributed by atoms with Gasteiger partial charge < -0.3 is 10.6 Å². The number of anilines is 2. The third kappa shape index (κ3) is 4.87. The molecule has 0 aliphatic heterocycles. The summed E-state index contributed by atoms with van der Waals surface area (Å²) in [6.45, 7) is 2.50. The van der Waals surface area contributed by atoms with Crippen LogP contribution in [0.25, 0.3) is 5.69 Å². The topological polar surface area (TPSA) is 128 Å². The minimum absolute atomic E-state index is 0.0475. The van der Waals surface area contributed by atoms with E-state index in [2.05, 4.69) is 26.2 Å². The lowest BCUT2D eigenvalue weighted by Gasteiger charge is -2.10. The molecule has 2 aromatic carbocycles. The Kier molecular flexibility index (Phi) is 5.90. The first-order valence-electron chi connectivity index (χ1n) is 8.65. The Hall–Kier alpha value is -3.82. The second-order valence-corrected chi connectivity index (χ2v) is 6.14. The number of nitro groups is 1. The highest BCUT2D eigenvalue weighted by molar-refractivity contribution is 5.90. The second kappa shape index (κ2) is 8.71. The fraction of sp³-hybridized carbons (Fsp3) is 0.222. The summed E-state index contributed by atoms with van der Waals surface area (Å²) >= 11 is 0. The van der Waals surface area contributed by atoms with Crippen molar-refractivity contribution in [1.82, 2.24) is 20.2 Å². The summed E-state index contributed by atoms with van der Waals surface area (Å²) in [6.07, 6.45) is 2.50. The average Bonchev–Trinajstić information content (AvgIpc) is 3.20. The summed E-state index contributed by atoms with van der Waals surface area (Å²) in [6, 6.07) is 11.7. The van der Waals surface area contributed by atoms with E-state index < -0.39 is 4.92 Å². The lowest BCUT2D eigenvalue weighted by Crippen LogP contribution is -2.13. The predicted molar refractivity (Wildman–Crippen MR) is 103 cm³/mol. The van der Waals surface area contributed by atoms with Crippen molar-refractivity contribution in [3.05, 3.63) is 64.5 Å². The van der Waals surface area contributed by atoms with Crippen LogP contribution in [0.15, 0.2) is 48.8 Å². The van der Waals surface area contributed by atoms with E-state index in [0.29, 0.717) is 25.1 Å². The maximum absolute atomic E-state index is 12.1. The highest BCUT2D eigenvalue weighted by Gasteiger charge is 2.07. The van der Waals surface area contributed by atoms with Crippen molar-refractivity contribution in [2.75, 3.05) is 17.2 Å². The summed E-state index contributed by atoms with van der Waals surface area (Å²) < 4.78 is 1.56. The Morgan fingerprint density at radius 1 is 1.18 bits per heavy atom. The summed E-state index contributed by atoms with van der Waals surface area (Å²) in [4.78, 5) is 22.3. The van der Waals surface area contributed by atoms with Crippen LogP contribution in [-0.2, 0) is 4.79 Å². The van der Waals surface area contributed by atoms with Crippen molar-refractivity contribution in [1.29, 1.82) is 0 Å². The zero-order chi connectivity index (χ0) is 19.9. The molecule has 0 atom stereocenters. The highest BCUT2D eigenvalue weighted by atomic mass is 16.6. The van der Waals surface area contributed by atoms with Crippen LogP contribution in [0.1, 0.15) is 18.4 Å². The van der Waals surface area contributed by atoms with E-state index in [1.807, 2.05) is 19.1 Å². The number of amides is 1. The minimum Gasteiger partial charge on any atom is -0.385 e. The number of hydrogen-bond donors (Lipinski definition) is 2. The standard InChI is InChI=1S/C18H19N7O3/c1-13-11-15(6-9-17(13)24-12-20-22-23-24)21-18(26)3-2-10-19-14-4-7-16(8-5-14)25(27)28/h4-9,11-12,19H,2-3,10H2,1H3,(H,21,26). The first-order valence-corrected chi connectivity index (χ1v) is 8.65. The van der Waals surface area contributed by atoms with Gasteiger partial charge in [-0.3, -0.25) is 14.9 Å². The molecule has 3 aromatic rings. The summed E-state index contributed by atoms with van der Waals surface area (Å²) in [5, 5.41) is 27.7. The number of non-ortho nitro benzene ring substituents is 1. The minimum atomic E-state index is -0.439. The molecule has 0 spiro atoms. The molecule has 1 aromatic heterocycles. The summed E-state index contributed by atoms with van der Waals surface area (Å²) in [5.74, 6) is -0.0833. The molecule has 0 radical (unpaired) electrons. The zero-order valence-electron chi connectivity index (χ0n) is 15.2. The number of nitro benzene ring substituents is 1. The van der Waals surface area contributed by atoms with Gasteiger partial charge in [-0.1, -0.05) is 0 Å². The average molecular weight is 381 g/mol. The molecule has 28 heavy (non-hydrogen) atoms. The van der Waals surface area contributed by atoms with Crippen LogP contribution in [0.4, 0.5) is 17.1 Å². The van der Waals surface area contributed by atoms with Crippen LogP contribution in [0, 0.1) is 17.0 Å². The van der Waals surface area contributed by atoms with Gasteiger partial charge in [0.25, 0.3) is 5.69 Å². The fourth-order valence-corrected chi connectivity index (χ4v) is 2.67. The van der Waals surface area contributed by atoms with E-state index in [1.165, 1.54) is 18.5 Å². The molecule has 0 saturated heterocycles.